The van der Waals surface area contributed by atoms with Gasteiger partial charge in [0.15, 0.2) is 0 Å². The second kappa shape index (κ2) is 3.63. The van der Waals surface area contributed by atoms with Gasteiger partial charge in [0, 0.05) is 0 Å². The highest BCUT2D eigenvalue weighted by molar-refractivity contribution is 7.81. The minimum Gasteiger partial charge on any atom is -0.480 e. The predicted molar refractivity (Wildman–Crippen MR) is 50.5 cm³/mol. The molecule has 3 heteroatoms. The lowest BCUT2D eigenvalue weighted by atomic mass is 10.1. The lowest BCUT2D eigenvalue weighted by Gasteiger charge is -2.04. The van der Waals surface area contributed by atoms with E-state index in [9.17, 15) is 4.79 Å². The van der Waals surface area contributed by atoms with Crippen molar-refractivity contribution in [1.29, 1.82) is 0 Å². The average molecular weight is 182 g/mol. The van der Waals surface area contributed by atoms with Crippen molar-refractivity contribution in [2.75, 3.05) is 0 Å². The van der Waals surface area contributed by atoms with Gasteiger partial charge in [-0.15, -0.1) is 0 Å². The molecule has 0 unspecified atom stereocenters. The van der Waals surface area contributed by atoms with Crippen molar-refractivity contribution in [3.63, 3.8) is 0 Å². The zero-order valence-electron chi connectivity index (χ0n) is 6.69. The summed E-state index contributed by atoms with van der Waals surface area (Å²) in [5, 5.41) is 7.91. The van der Waals surface area contributed by atoms with Gasteiger partial charge in [-0.1, -0.05) is 29.8 Å². The number of thiol groups is 1. The zero-order valence-corrected chi connectivity index (χ0v) is 7.58. The molecule has 0 radical (unpaired) electrons. The van der Waals surface area contributed by atoms with Gasteiger partial charge >= 0.3 is 5.97 Å². The highest BCUT2D eigenvalue weighted by atomic mass is 32.1. The van der Waals surface area contributed by atoms with Crippen LogP contribution < -0.4 is 0 Å². The highest BCUT2D eigenvalue weighted by Gasteiger charge is 2.13. The average Bonchev–Trinajstić information content (AvgIpc) is 2.04. The Kier molecular flexibility index (Phi) is 2.76. The fraction of sp³-hybridized carbons (Fsp3) is 0.222. The summed E-state index contributed by atoms with van der Waals surface area (Å²) in [6.07, 6.45) is 0. The number of carboxylic acid groups (broad SMARTS) is 1. The Bertz CT molecular complexity index is 279. The number of carbonyl (C=O) groups is 1. The first kappa shape index (κ1) is 9.13. The SMILES string of the molecule is Cc1ccc([C@H](S)C(=O)O)cc1. The summed E-state index contributed by atoms with van der Waals surface area (Å²) in [5.41, 5.74) is 1.83. The summed E-state index contributed by atoms with van der Waals surface area (Å²) >= 11 is 3.95. The highest BCUT2D eigenvalue weighted by Crippen LogP contribution is 2.19. The molecule has 12 heavy (non-hydrogen) atoms. The van der Waals surface area contributed by atoms with Gasteiger partial charge in [-0.25, -0.2) is 0 Å². The topological polar surface area (TPSA) is 37.3 Å². The minimum atomic E-state index is -0.915. The van der Waals surface area contributed by atoms with E-state index in [0.717, 1.165) is 11.1 Å². The third-order valence-corrected chi connectivity index (χ3v) is 2.15. The van der Waals surface area contributed by atoms with E-state index in [-0.39, 0.29) is 0 Å². The molecule has 0 amide bonds. The Balaban J connectivity index is 2.89. The van der Waals surface area contributed by atoms with Crippen molar-refractivity contribution < 1.29 is 9.90 Å². The molecule has 0 aliphatic rings. The molecular formula is C9H10O2S. The van der Waals surface area contributed by atoms with Crippen molar-refractivity contribution in [2.45, 2.75) is 12.2 Å². The molecule has 0 aliphatic carbocycles. The molecule has 1 rings (SSSR count). The summed E-state index contributed by atoms with van der Waals surface area (Å²) < 4.78 is 0. The molecule has 0 saturated carbocycles. The number of hydrogen-bond acceptors (Lipinski definition) is 2. The van der Waals surface area contributed by atoms with Crippen LogP contribution >= 0.6 is 12.6 Å². The molecule has 2 nitrogen and oxygen atoms in total. The maximum absolute atomic E-state index is 10.5. The van der Waals surface area contributed by atoms with Crippen LogP contribution in [-0.4, -0.2) is 11.1 Å². The standard InChI is InChI=1S/C9H10O2S/c1-6-2-4-7(5-3-6)8(12)9(10)11/h2-5,8,12H,1H3,(H,10,11)/t8-/m0/s1. The van der Waals surface area contributed by atoms with Gasteiger partial charge in [-0.2, -0.15) is 12.6 Å². The quantitative estimate of drug-likeness (QED) is 0.687. The molecule has 1 N–H and O–H groups in total. The summed E-state index contributed by atoms with van der Waals surface area (Å²) in [6.45, 7) is 1.96. The van der Waals surface area contributed by atoms with Crippen LogP contribution in [0.25, 0.3) is 0 Å². The third-order valence-electron chi connectivity index (χ3n) is 1.63. The van der Waals surface area contributed by atoms with E-state index >= 15 is 0 Å². The van der Waals surface area contributed by atoms with Gasteiger partial charge in [0.2, 0.25) is 0 Å². The molecule has 0 spiro atoms. The summed E-state index contributed by atoms with van der Waals surface area (Å²) in [6, 6.07) is 7.31. The molecule has 1 aromatic carbocycles. The Labute approximate surface area is 76.6 Å². The van der Waals surface area contributed by atoms with Crippen molar-refractivity contribution in [1.82, 2.24) is 0 Å². The maximum Gasteiger partial charge on any atom is 0.320 e. The van der Waals surface area contributed by atoms with E-state index in [0.29, 0.717) is 0 Å². The summed E-state index contributed by atoms with van der Waals surface area (Å²) in [4.78, 5) is 10.5. The van der Waals surface area contributed by atoms with Crippen LogP contribution in [0.5, 0.6) is 0 Å². The number of aliphatic carboxylic acids is 1. The van der Waals surface area contributed by atoms with E-state index in [2.05, 4.69) is 12.6 Å². The van der Waals surface area contributed by atoms with Crippen LogP contribution in [0.2, 0.25) is 0 Å². The summed E-state index contributed by atoms with van der Waals surface area (Å²) in [5.74, 6) is -0.915. The first-order valence-electron chi connectivity index (χ1n) is 3.58. The molecule has 0 saturated heterocycles. The Morgan fingerprint density at radius 1 is 1.42 bits per heavy atom. The Morgan fingerprint density at radius 2 is 1.92 bits per heavy atom. The second-order valence-corrected chi connectivity index (χ2v) is 3.17. The van der Waals surface area contributed by atoms with E-state index < -0.39 is 11.2 Å². The van der Waals surface area contributed by atoms with Gasteiger partial charge in [0.25, 0.3) is 0 Å². The molecular weight excluding hydrogens is 172 g/mol. The molecule has 64 valence electrons. The number of rotatable bonds is 2. The normalized spacial score (nSPS) is 12.5. The van der Waals surface area contributed by atoms with E-state index in [1.165, 1.54) is 0 Å². The van der Waals surface area contributed by atoms with Gasteiger partial charge in [0.05, 0.1) is 0 Å². The maximum atomic E-state index is 10.5. The fourth-order valence-electron chi connectivity index (χ4n) is 0.891. The van der Waals surface area contributed by atoms with Crippen LogP contribution in [0.1, 0.15) is 16.4 Å². The third kappa shape index (κ3) is 2.01. The number of hydrogen-bond donors (Lipinski definition) is 2. The van der Waals surface area contributed by atoms with Gasteiger partial charge < -0.3 is 5.11 Å². The van der Waals surface area contributed by atoms with Crippen LogP contribution in [0, 0.1) is 6.92 Å². The lowest BCUT2D eigenvalue weighted by Crippen LogP contribution is -2.04. The van der Waals surface area contributed by atoms with E-state index in [4.69, 9.17) is 5.11 Å². The van der Waals surface area contributed by atoms with Crippen LogP contribution in [0.15, 0.2) is 24.3 Å². The van der Waals surface area contributed by atoms with Crippen molar-refractivity contribution in [3.8, 4) is 0 Å². The molecule has 0 aliphatic heterocycles. The van der Waals surface area contributed by atoms with E-state index in [1.54, 1.807) is 12.1 Å². The zero-order chi connectivity index (χ0) is 9.14. The largest absolute Gasteiger partial charge is 0.480 e. The molecule has 0 fully saturated rings. The monoisotopic (exact) mass is 182 g/mol. The second-order valence-electron chi connectivity index (χ2n) is 2.65. The minimum absolute atomic E-state index is 0.717. The molecule has 1 aromatic rings. The first-order chi connectivity index (χ1) is 5.61. The first-order valence-corrected chi connectivity index (χ1v) is 4.10. The smallest absolute Gasteiger partial charge is 0.320 e. The predicted octanol–water partition coefficient (Wildman–Crippen LogP) is 2.05. The molecule has 1 atom stereocenters. The Hall–Kier alpha value is -0.960. The number of aryl methyl sites for hydroxylation is 1. The number of benzene rings is 1. The van der Waals surface area contributed by atoms with Crippen molar-refractivity contribution >= 4 is 18.6 Å². The van der Waals surface area contributed by atoms with Crippen LogP contribution in [0.3, 0.4) is 0 Å². The number of carboxylic acids is 1. The van der Waals surface area contributed by atoms with E-state index in [1.807, 2.05) is 19.1 Å². The lowest BCUT2D eigenvalue weighted by molar-refractivity contribution is -0.136. The van der Waals surface area contributed by atoms with Crippen LogP contribution in [0.4, 0.5) is 0 Å². The van der Waals surface area contributed by atoms with Crippen molar-refractivity contribution in [2.24, 2.45) is 0 Å². The van der Waals surface area contributed by atoms with Crippen molar-refractivity contribution in [3.05, 3.63) is 35.4 Å². The van der Waals surface area contributed by atoms with Gasteiger partial charge in [-0.05, 0) is 12.5 Å². The van der Waals surface area contributed by atoms with Gasteiger partial charge in [-0.3, -0.25) is 4.79 Å². The fourth-order valence-corrected chi connectivity index (χ4v) is 1.06. The molecule has 0 bridgehead atoms. The Morgan fingerprint density at radius 3 is 2.33 bits per heavy atom. The molecule has 0 aromatic heterocycles. The van der Waals surface area contributed by atoms with Crippen LogP contribution in [-0.2, 0) is 4.79 Å². The van der Waals surface area contributed by atoms with Gasteiger partial charge in [0.1, 0.15) is 5.25 Å². The molecule has 0 heterocycles. The summed E-state index contributed by atoms with van der Waals surface area (Å²) in [7, 11) is 0.